The Morgan fingerprint density at radius 1 is 1.14 bits per heavy atom. The van der Waals surface area contributed by atoms with Gasteiger partial charge in [-0.25, -0.2) is 4.39 Å². The number of carbonyl (C=O) groups excluding carboxylic acids is 1. The van der Waals surface area contributed by atoms with Crippen LogP contribution >= 0.6 is 0 Å². The zero-order valence-corrected chi connectivity index (χ0v) is 10.9. The Morgan fingerprint density at radius 2 is 1.95 bits per heavy atom. The minimum atomic E-state index is -1.08. The Hall–Kier alpha value is -2.93. The first-order chi connectivity index (χ1) is 10.2. The third kappa shape index (κ3) is 2.41. The van der Waals surface area contributed by atoms with Crippen molar-refractivity contribution in [2.75, 3.05) is 0 Å². The van der Waals surface area contributed by atoms with Crippen molar-refractivity contribution in [3.8, 4) is 6.07 Å². The van der Waals surface area contributed by atoms with E-state index in [-0.39, 0.29) is 5.76 Å². The third-order valence-electron chi connectivity index (χ3n) is 3.24. The second kappa shape index (κ2) is 5.22. The maximum absolute atomic E-state index is 13.3. The van der Waals surface area contributed by atoms with Crippen LogP contribution in [-0.4, -0.2) is 5.78 Å². The van der Waals surface area contributed by atoms with Crippen LogP contribution in [0.1, 0.15) is 22.0 Å². The van der Waals surface area contributed by atoms with E-state index < -0.39 is 17.5 Å². The van der Waals surface area contributed by atoms with Gasteiger partial charge in [-0.15, -0.1) is 0 Å². The summed E-state index contributed by atoms with van der Waals surface area (Å²) < 4.78 is 18.7. The Morgan fingerprint density at radius 3 is 2.67 bits per heavy atom. The summed E-state index contributed by atoms with van der Waals surface area (Å²) in [5, 5.41) is 10.0. The molecule has 0 aliphatic heterocycles. The van der Waals surface area contributed by atoms with Crippen molar-refractivity contribution < 1.29 is 13.6 Å². The van der Waals surface area contributed by atoms with E-state index in [1.807, 2.05) is 18.2 Å². The van der Waals surface area contributed by atoms with Crippen LogP contribution in [0.5, 0.6) is 0 Å². The zero-order chi connectivity index (χ0) is 14.8. The summed E-state index contributed by atoms with van der Waals surface area (Å²) >= 11 is 0. The molecule has 3 aromatic rings. The van der Waals surface area contributed by atoms with E-state index in [0.717, 1.165) is 5.39 Å². The monoisotopic (exact) mass is 279 g/mol. The van der Waals surface area contributed by atoms with E-state index in [1.54, 1.807) is 24.3 Å². The number of halogens is 1. The molecule has 1 heterocycles. The summed E-state index contributed by atoms with van der Waals surface area (Å²) in [4.78, 5) is 12.4. The van der Waals surface area contributed by atoms with Crippen LogP contribution in [0.25, 0.3) is 11.0 Å². The molecule has 3 nitrogen and oxygen atoms in total. The first kappa shape index (κ1) is 13.1. The molecule has 0 fully saturated rings. The van der Waals surface area contributed by atoms with Gasteiger partial charge in [0.2, 0.25) is 5.78 Å². The highest BCUT2D eigenvalue weighted by atomic mass is 19.1. The fourth-order valence-electron chi connectivity index (χ4n) is 2.22. The fourth-order valence-corrected chi connectivity index (χ4v) is 2.22. The van der Waals surface area contributed by atoms with Gasteiger partial charge in [0.1, 0.15) is 17.3 Å². The number of furan rings is 1. The van der Waals surface area contributed by atoms with Crippen molar-refractivity contribution in [1.82, 2.24) is 0 Å². The summed E-state index contributed by atoms with van der Waals surface area (Å²) in [5.41, 5.74) is 0.903. The predicted octanol–water partition coefficient (Wildman–Crippen LogP) is 4.06. The molecule has 0 radical (unpaired) electrons. The fraction of sp³-hybridized carbons (Fsp3) is 0.0588. The van der Waals surface area contributed by atoms with Gasteiger partial charge in [0, 0.05) is 5.39 Å². The minimum absolute atomic E-state index is 0.104. The van der Waals surface area contributed by atoms with E-state index in [4.69, 9.17) is 4.42 Å². The van der Waals surface area contributed by atoms with Crippen LogP contribution in [0.3, 0.4) is 0 Å². The highest BCUT2D eigenvalue weighted by Gasteiger charge is 2.25. The van der Waals surface area contributed by atoms with Crippen LogP contribution < -0.4 is 0 Å². The van der Waals surface area contributed by atoms with Crippen molar-refractivity contribution in [1.29, 1.82) is 5.26 Å². The number of fused-ring (bicyclic) bond motifs is 1. The number of hydrogen-bond donors (Lipinski definition) is 0. The molecule has 21 heavy (non-hydrogen) atoms. The lowest BCUT2D eigenvalue weighted by Crippen LogP contribution is -2.10. The van der Waals surface area contributed by atoms with Crippen molar-refractivity contribution in [2.45, 2.75) is 5.92 Å². The number of ketones is 1. The summed E-state index contributed by atoms with van der Waals surface area (Å²) in [6.45, 7) is 0. The molecule has 2 aromatic carbocycles. The van der Waals surface area contributed by atoms with Gasteiger partial charge in [0.05, 0.1) is 6.07 Å². The molecule has 3 rings (SSSR count). The molecular weight excluding hydrogens is 269 g/mol. The van der Waals surface area contributed by atoms with Gasteiger partial charge < -0.3 is 4.42 Å². The van der Waals surface area contributed by atoms with E-state index in [0.29, 0.717) is 11.1 Å². The van der Waals surface area contributed by atoms with Gasteiger partial charge >= 0.3 is 0 Å². The van der Waals surface area contributed by atoms with Gasteiger partial charge in [0.25, 0.3) is 0 Å². The van der Waals surface area contributed by atoms with E-state index >= 15 is 0 Å². The molecule has 0 aliphatic carbocycles. The van der Waals surface area contributed by atoms with Crippen LogP contribution in [0.2, 0.25) is 0 Å². The maximum Gasteiger partial charge on any atom is 0.219 e. The lowest BCUT2D eigenvalue weighted by Gasteiger charge is -2.06. The first-order valence-corrected chi connectivity index (χ1v) is 6.37. The van der Waals surface area contributed by atoms with Crippen LogP contribution in [0.15, 0.2) is 59.0 Å². The summed E-state index contributed by atoms with van der Waals surface area (Å²) in [6, 6.07) is 16.2. The molecule has 0 N–H and O–H groups in total. The molecule has 0 spiro atoms. The van der Waals surface area contributed by atoms with Crippen molar-refractivity contribution in [2.24, 2.45) is 0 Å². The number of hydrogen-bond acceptors (Lipinski definition) is 3. The molecule has 1 atom stereocenters. The van der Waals surface area contributed by atoms with E-state index in [2.05, 4.69) is 0 Å². The highest BCUT2D eigenvalue weighted by molar-refractivity contribution is 6.03. The topological polar surface area (TPSA) is 54.0 Å². The summed E-state index contributed by atoms with van der Waals surface area (Å²) in [7, 11) is 0. The Kier molecular flexibility index (Phi) is 3.25. The standard InChI is InChI=1S/C17H10FNO2/c18-13-6-3-5-11(8-13)14(10-19)17(20)16-9-12-4-1-2-7-15(12)21-16/h1-9,14H. The van der Waals surface area contributed by atoms with Gasteiger partial charge in [-0.2, -0.15) is 5.26 Å². The van der Waals surface area contributed by atoms with Crippen molar-refractivity contribution in [3.05, 3.63) is 71.7 Å². The van der Waals surface area contributed by atoms with Gasteiger partial charge in [-0.05, 0) is 29.8 Å². The largest absolute Gasteiger partial charge is 0.453 e. The molecule has 102 valence electrons. The van der Waals surface area contributed by atoms with Gasteiger partial charge in [-0.3, -0.25) is 4.79 Å². The number of Topliss-reactive ketones (excluding diaryl/α,β-unsaturated/α-hetero) is 1. The van der Waals surface area contributed by atoms with Crippen LogP contribution in [-0.2, 0) is 0 Å². The van der Waals surface area contributed by atoms with E-state index in [1.165, 1.54) is 18.2 Å². The van der Waals surface area contributed by atoms with E-state index in [9.17, 15) is 14.4 Å². The molecule has 0 aliphatic rings. The molecule has 0 amide bonds. The predicted molar refractivity (Wildman–Crippen MR) is 75.3 cm³/mol. The lowest BCUT2D eigenvalue weighted by molar-refractivity contribution is 0.0954. The summed E-state index contributed by atoms with van der Waals surface area (Å²) in [5.74, 6) is -1.93. The highest BCUT2D eigenvalue weighted by Crippen LogP contribution is 2.25. The van der Waals surface area contributed by atoms with Crippen molar-refractivity contribution >= 4 is 16.8 Å². The van der Waals surface area contributed by atoms with Crippen molar-refractivity contribution in [3.63, 3.8) is 0 Å². The quantitative estimate of drug-likeness (QED) is 0.679. The molecule has 4 heteroatoms. The number of benzene rings is 2. The molecule has 0 bridgehead atoms. The average Bonchev–Trinajstić information content (AvgIpc) is 2.92. The molecule has 0 saturated heterocycles. The second-order valence-electron chi connectivity index (χ2n) is 4.63. The number of carbonyl (C=O) groups is 1. The van der Waals surface area contributed by atoms with Gasteiger partial charge in [0.15, 0.2) is 5.76 Å². The smallest absolute Gasteiger partial charge is 0.219 e. The first-order valence-electron chi connectivity index (χ1n) is 6.37. The lowest BCUT2D eigenvalue weighted by atomic mass is 9.94. The van der Waals surface area contributed by atoms with Gasteiger partial charge in [-0.1, -0.05) is 30.3 Å². The molecule has 1 aromatic heterocycles. The zero-order valence-electron chi connectivity index (χ0n) is 10.9. The number of rotatable bonds is 3. The maximum atomic E-state index is 13.3. The van der Waals surface area contributed by atoms with Crippen LogP contribution in [0, 0.1) is 17.1 Å². The molecule has 1 unspecified atom stereocenters. The Bertz CT molecular complexity index is 827. The summed E-state index contributed by atoms with van der Waals surface area (Å²) in [6.07, 6.45) is 0. The van der Waals surface area contributed by atoms with Crippen LogP contribution in [0.4, 0.5) is 4.39 Å². The molecule has 0 saturated carbocycles. The number of nitriles is 1. The normalized spacial score (nSPS) is 12.0. The Labute approximate surface area is 120 Å². The number of nitrogens with zero attached hydrogens (tertiary/aromatic N) is 1. The SMILES string of the molecule is N#CC(C(=O)c1cc2ccccc2o1)c1cccc(F)c1. The number of para-hydroxylation sites is 1. The molecular formula is C17H10FNO2. The third-order valence-corrected chi connectivity index (χ3v) is 3.24. The minimum Gasteiger partial charge on any atom is -0.453 e. The Balaban J connectivity index is 2.01. The average molecular weight is 279 g/mol. The second-order valence-corrected chi connectivity index (χ2v) is 4.63.